The van der Waals surface area contributed by atoms with Crippen molar-refractivity contribution in [1.82, 2.24) is 0 Å². The number of halogens is 3. The molecule has 0 atom stereocenters. The molecule has 5 heteroatoms. The van der Waals surface area contributed by atoms with Crippen LogP contribution < -0.4 is 0 Å². The molecule has 0 radical (unpaired) electrons. The summed E-state index contributed by atoms with van der Waals surface area (Å²) in [5.41, 5.74) is -0.688. The molecule has 1 aliphatic rings. The Kier molecular flexibility index (Phi) is 3.82. The number of rotatable bonds is 4. The fourth-order valence-corrected chi connectivity index (χ4v) is 2.46. The Morgan fingerprint density at radius 2 is 2.06 bits per heavy atom. The summed E-state index contributed by atoms with van der Waals surface area (Å²) in [6, 6.07) is 1.91. The maximum atomic E-state index is 13.6. The predicted molar refractivity (Wildman–Crippen MR) is 66.6 cm³/mol. The number of hydrogen-bond donors (Lipinski definition) is 0. The summed E-state index contributed by atoms with van der Waals surface area (Å²) < 4.78 is 32.3. The third-order valence-electron chi connectivity index (χ3n) is 3.49. The third kappa shape index (κ3) is 2.47. The van der Waals surface area contributed by atoms with E-state index in [1.807, 2.05) is 0 Å². The summed E-state index contributed by atoms with van der Waals surface area (Å²) in [6.45, 7) is 0. The van der Waals surface area contributed by atoms with Crippen LogP contribution in [0.15, 0.2) is 16.6 Å². The molecule has 0 saturated heterocycles. The molecule has 0 amide bonds. The average molecular weight is 319 g/mol. The van der Waals surface area contributed by atoms with E-state index in [0.717, 1.165) is 31.4 Å². The number of ketones is 1. The Hall–Kier alpha value is -0.810. The van der Waals surface area contributed by atoms with Crippen LogP contribution in [0.2, 0.25) is 0 Å². The Balaban J connectivity index is 2.21. The summed E-state index contributed by atoms with van der Waals surface area (Å²) in [6.07, 6.45) is 2.67. The van der Waals surface area contributed by atoms with E-state index in [1.54, 1.807) is 7.11 Å². The predicted octanol–water partition coefficient (Wildman–Crippen LogP) is 3.87. The topological polar surface area (TPSA) is 26.3 Å². The summed E-state index contributed by atoms with van der Waals surface area (Å²) >= 11 is 2.88. The number of Topliss-reactive ketones (excluding diaryl/α,β-unsaturated/α-hetero) is 1. The second-order valence-electron chi connectivity index (χ2n) is 4.59. The lowest BCUT2D eigenvalue weighted by Gasteiger charge is -2.40. The SMILES string of the molecule is COC1(CC(=O)c2cc(F)c(Br)cc2F)CCC1. The molecule has 0 aliphatic heterocycles. The van der Waals surface area contributed by atoms with Gasteiger partial charge in [0.2, 0.25) is 0 Å². The van der Waals surface area contributed by atoms with E-state index in [2.05, 4.69) is 15.9 Å². The monoisotopic (exact) mass is 318 g/mol. The fraction of sp³-hybridized carbons (Fsp3) is 0.462. The molecule has 98 valence electrons. The second-order valence-corrected chi connectivity index (χ2v) is 5.44. The Morgan fingerprint density at radius 3 is 2.56 bits per heavy atom. The molecule has 0 N–H and O–H groups in total. The van der Waals surface area contributed by atoms with Crippen LogP contribution in [0.25, 0.3) is 0 Å². The summed E-state index contributed by atoms with van der Waals surface area (Å²) in [5.74, 6) is -1.76. The first-order chi connectivity index (χ1) is 8.47. The summed E-state index contributed by atoms with van der Waals surface area (Å²) in [5, 5.41) is 0. The van der Waals surface area contributed by atoms with Crippen molar-refractivity contribution in [3.8, 4) is 0 Å². The maximum Gasteiger partial charge on any atom is 0.168 e. The van der Waals surface area contributed by atoms with Crippen molar-refractivity contribution in [3.63, 3.8) is 0 Å². The van der Waals surface area contributed by atoms with Gasteiger partial charge in [-0.25, -0.2) is 8.78 Å². The highest BCUT2D eigenvalue weighted by atomic mass is 79.9. The quantitative estimate of drug-likeness (QED) is 0.622. The van der Waals surface area contributed by atoms with E-state index < -0.39 is 23.0 Å². The molecule has 0 heterocycles. The second kappa shape index (κ2) is 5.05. The minimum absolute atomic E-state index is 0.0154. The van der Waals surface area contributed by atoms with Crippen molar-refractivity contribution in [1.29, 1.82) is 0 Å². The average Bonchev–Trinajstić information content (AvgIpc) is 2.28. The number of hydrogen-bond acceptors (Lipinski definition) is 2. The first kappa shape index (κ1) is 13.6. The van der Waals surface area contributed by atoms with Gasteiger partial charge in [0.15, 0.2) is 5.78 Å². The molecular weight excluding hydrogens is 306 g/mol. The van der Waals surface area contributed by atoms with Gasteiger partial charge in [-0.05, 0) is 47.3 Å². The first-order valence-electron chi connectivity index (χ1n) is 5.70. The first-order valence-corrected chi connectivity index (χ1v) is 6.50. The molecular formula is C13H13BrF2O2. The maximum absolute atomic E-state index is 13.6. The number of ether oxygens (including phenoxy) is 1. The van der Waals surface area contributed by atoms with Gasteiger partial charge in [-0.2, -0.15) is 0 Å². The number of carbonyl (C=O) groups excluding carboxylic acids is 1. The van der Waals surface area contributed by atoms with Crippen molar-refractivity contribution in [3.05, 3.63) is 33.8 Å². The van der Waals surface area contributed by atoms with Crippen molar-refractivity contribution in [2.75, 3.05) is 7.11 Å². The highest BCUT2D eigenvalue weighted by molar-refractivity contribution is 9.10. The largest absolute Gasteiger partial charge is 0.378 e. The van der Waals surface area contributed by atoms with Crippen LogP contribution in [-0.2, 0) is 4.74 Å². The van der Waals surface area contributed by atoms with Crippen molar-refractivity contribution in [2.24, 2.45) is 0 Å². The van der Waals surface area contributed by atoms with Gasteiger partial charge >= 0.3 is 0 Å². The summed E-state index contributed by atoms with van der Waals surface area (Å²) in [4.78, 5) is 12.0. The van der Waals surface area contributed by atoms with Crippen molar-refractivity contribution in [2.45, 2.75) is 31.3 Å². The molecule has 1 aromatic rings. The smallest absolute Gasteiger partial charge is 0.168 e. The van der Waals surface area contributed by atoms with Crippen molar-refractivity contribution < 1.29 is 18.3 Å². The molecule has 2 nitrogen and oxygen atoms in total. The molecule has 2 rings (SSSR count). The Labute approximate surface area is 112 Å². The van der Waals surface area contributed by atoms with Crippen LogP contribution in [-0.4, -0.2) is 18.5 Å². The van der Waals surface area contributed by atoms with E-state index in [4.69, 9.17) is 4.74 Å². The van der Waals surface area contributed by atoms with Gasteiger partial charge in [0, 0.05) is 13.5 Å². The lowest BCUT2D eigenvalue weighted by molar-refractivity contribution is -0.0705. The number of benzene rings is 1. The standard InChI is InChI=1S/C13H13BrF2O2/c1-18-13(3-2-4-13)7-12(17)8-5-11(16)9(14)6-10(8)15/h5-6H,2-4,7H2,1H3. The molecule has 1 fully saturated rings. The Bertz CT molecular complexity index is 479. The van der Waals surface area contributed by atoms with Crippen LogP contribution in [0.1, 0.15) is 36.0 Å². The van der Waals surface area contributed by atoms with Gasteiger partial charge in [0.25, 0.3) is 0 Å². The van der Waals surface area contributed by atoms with E-state index >= 15 is 0 Å². The highest BCUT2D eigenvalue weighted by Gasteiger charge is 2.39. The Morgan fingerprint density at radius 1 is 1.39 bits per heavy atom. The number of carbonyl (C=O) groups is 1. The third-order valence-corrected chi connectivity index (χ3v) is 4.10. The molecule has 0 bridgehead atoms. The van der Waals surface area contributed by atoms with E-state index in [9.17, 15) is 13.6 Å². The van der Waals surface area contributed by atoms with E-state index in [0.29, 0.717) is 0 Å². The van der Waals surface area contributed by atoms with Gasteiger partial charge < -0.3 is 4.74 Å². The zero-order chi connectivity index (χ0) is 13.3. The van der Waals surface area contributed by atoms with E-state index in [1.165, 1.54) is 0 Å². The van der Waals surface area contributed by atoms with Crippen LogP contribution >= 0.6 is 15.9 Å². The van der Waals surface area contributed by atoms with Gasteiger partial charge in [0.1, 0.15) is 11.6 Å². The fourth-order valence-electron chi connectivity index (χ4n) is 2.15. The zero-order valence-corrected chi connectivity index (χ0v) is 11.5. The molecule has 1 saturated carbocycles. The summed E-state index contributed by atoms with van der Waals surface area (Å²) in [7, 11) is 1.55. The van der Waals surface area contributed by atoms with Crippen LogP contribution in [0, 0.1) is 11.6 Å². The normalized spacial score (nSPS) is 17.3. The minimum Gasteiger partial charge on any atom is -0.378 e. The molecule has 0 aromatic heterocycles. The van der Waals surface area contributed by atoms with E-state index in [-0.39, 0.29) is 16.5 Å². The van der Waals surface area contributed by atoms with Gasteiger partial charge in [0.05, 0.1) is 15.6 Å². The number of methoxy groups -OCH3 is 1. The molecule has 18 heavy (non-hydrogen) atoms. The molecule has 1 aromatic carbocycles. The molecule has 0 unspecified atom stereocenters. The molecule has 1 aliphatic carbocycles. The zero-order valence-electron chi connectivity index (χ0n) is 9.93. The van der Waals surface area contributed by atoms with Crippen LogP contribution in [0.4, 0.5) is 8.78 Å². The minimum atomic E-state index is -0.709. The lowest BCUT2D eigenvalue weighted by Crippen LogP contribution is -2.41. The van der Waals surface area contributed by atoms with Crippen LogP contribution in [0.5, 0.6) is 0 Å². The van der Waals surface area contributed by atoms with Crippen LogP contribution in [0.3, 0.4) is 0 Å². The highest BCUT2D eigenvalue weighted by Crippen LogP contribution is 2.39. The lowest BCUT2D eigenvalue weighted by atomic mass is 9.76. The van der Waals surface area contributed by atoms with Crippen molar-refractivity contribution >= 4 is 21.7 Å². The molecule has 0 spiro atoms. The van der Waals surface area contributed by atoms with Gasteiger partial charge in [-0.15, -0.1) is 0 Å². The van der Waals surface area contributed by atoms with Gasteiger partial charge in [-0.1, -0.05) is 0 Å². The van der Waals surface area contributed by atoms with Gasteiger partial charge in [-0.3, -0.25) is 4.79 Å².